The number of nitrogens with zero attached hydrogens (tertiary/aromatic N) is 2. The molecule has 3 heteroatoms. The zero-order chi connectivity index (χ0) is 16.8. The number of hydrogen-bond donors (Lipinski definition) is 1. The Labute approximate surface area is 146 Å². The van der Waals surface area contributed by atoms with E-state index in [9.17, 15) is 0 Å². The van der Waals surface area contributed by atoms with Gasteiger partial charge in [-0.2, -0.15) is 5.10 Å². The molecule has 0 amide bonds. The predicted molar refractivity (Wildman–Crippen MR) is 104 cm³/mol. The quantitative estimate of drug-likeness (QED) is 0.454. The van der Waals surface area contributed by atoms with Crippen LogP contribution in [0.25, 0.3) is 22.2 Å². The van der Waals surface area contributed by atoms with Crippen molar-refractivity contribution in [1.29, 1.82) is 0 Å². The highest BCUT2D eigenvalue weighted by Crippen LogP contribution is 2.42. The third kappa shape index (κ3) is 2.02. The first kappa shape index (κ1) is 14.1. The Hall–Kier alpha value is -3.33. The first-order chi connectivity index (χ1) is 12.3. The molecule has 0 radical (unpaired) electrons. The number of para-hydroxylation sites is 2. The first-order valence-corrected chi connectivity index (χ1v) is 8.41. The van der Waals surface area contributed by atoms with Crippen LogP contribution in [0.4, 0.5) is 5.69 Å². The van der Waals surface area contributed by atoms with Gasteiger partial charge in [0.2, 0.25) is 0 Å². The Kier molecular flexibility index (Phi) is 3.01. The zero-order valence-corrected chi connectivity index (χ0v) is 13.9. The molecule has 25 heavy (non-hydrogen) atoms. The highest BCUT2D eigenvalue weighted by atomic mass is 15.3. The normalized spacial score (nSPS) is 13.9. The Balaban J connectivity index is 1.77. The molecule has 1 aliphatic rings. The maximum absolute atomic E-state index is 4.79. The molecule has 0 aliphatic heterocycles. The van der Waals surface area contributed by atoms with Crippen LogP contribution in [0.1, 0.15) is 11.1 Å². The molecule has 0 atom stereocenters. The summed E-state index contributed by atoms with van der Waals surface area (Å²) in [4.78, 5) is 0. The van der Waals surface area contributed by atoms with Crippen LogP contribution in [0.2, 0.25) is 0 Å². The van der Waals surface area contributed by atoms with Crippen molar-refractivity contribution in [2.45, 2.75) is 0 Å². The van der Waals surface area contributed by atoms with E-state index in [1.807, 2.05) is 30.3 Å². The van der Waals surface area contributed by atoms with Crippen molar-refractivity contribution in [3.05, 3.63) is 90.0 Å². The maximum atomic E-state index is 4.79. The van der Waals surface area contributed by atoms with Crippen LogP contribution in [0.5, 0.6) is 0 Å². The minimum Gasteiger partial charge on any atom is -0.343 e. The average Bonchev–Trinajstić information content (AvgIpc) is 3.15. The van der Waals surface area contributed by atoms with E-state index < -0.39 is 0 Å². The van der Waals surface area contributed by atoms with Gasteiger partial charge in [0.15, 0.2) is 0 Å². The number of rotatable bonds is 2. The van der Waals surface area contributed by atoms with Gasteiger partial charge in [-0.25, -0.2) is 0 Å². The van der Waals surface area contributed by atoms with Gasteiger partial charge in [-0.05, 0) is 18.2 Å². The molecule has 0 unspecified atom stereocenters. The summed E-state index contributed by atoms with van der Waals surface area (Å²) in [5.41, 5.74) is 11.3. The summed E-state index contributed by atoms with van der Waals surface area (Å²) >= 11 is 0. The second-order valence-corrected chi connectivity index (χ2v) is 6.28. The number of aryl methyl sites for hydroxylation is 1. The smallest absolute Gasteiger partial charge is 0.101 e. The van der Waals surface area contributed by atoms with E-state index in [1.165, 1.54) is 33.3 Å². The zero-order valence-electron chi connectivity index (χ0n) is 13.9. The third-order valence-corrected chi connectivity index (χ3v) is 4.85. The average molecular weight is 323 g/mol. The van der Waals surface area contributed by atoms with E-state index in [-0.39, 0.29) is 0 Å². The second kappa shape index (κ2) is 5.35. The monoisotopic (exact) mass is 323 g/mol. The van der Waals surface area contributed by atoms with E-state index in [4.69, 9.17) is 5.10 Å². The topological polar surface area (TPSA) is 29.3 Å². The fourth-order valence-electron chi connectivity index (χ4n) is 3.73. The minimum atomic E-state index is 0.987. The standard InChI is InChI=1S/C22H17N3/c1-25-19-14-8-7-13-18(19)20-21(24-23-15-9-3-2-4-10-15)16-11-5-6-12-17(16)22(20)25/h2-14,23H,1H3/b24-21+. The minimum absolute atomic E-state index is 0.987. The number of hydrazone groups is 1. The predicted octanol–water partition coefficient (Wildman–Crippen LogP) is 5.02. The van der Waals surface area contributed by atoms with Crippen LogP contribution in [0.15, 0.2) is 84.0 Å². The fourth-order valence-corrected chi connectivity index (χ4v) is 3.73. The second-order valence-electron chi connectivity index (χ2n) is 6.28. The molecule has 0 saturated carbocycles. The molecule has 0 bridgehead atoms. The summed E-state index contributed by atoms with van der Waals surface area (Å²) in [5, 5.41) is 6.03. The largest absolute Gasteiger partial charge is 0.343 e. The van der Waals surface area contributed by atoms with Gasteiger partial charge >= 0.3 is 0 Å². The molecule has 1 aromatic heterocycles. The molecule has 3 aromatic carbocycles. The van der Waals surface area contributed by atoms with Crippen molar-refractivity contribution in [1.82, 2.24) is 4.57 Å². The molecular formula is C22H17N3. The van der Waals surface area contributed by atoms with Crippen molar-refractivity contribution in [3.8, 4) is 11.3 Å². The summed E-state index contributed by atoms with van der Waals surface area (Å²) in [7, 11) is 2.13. The van der Waals surface area contributed by atoms with Crippen LogP contribution in [0.3, 0.4) is 0 Å². The summed E-state index contributed by atoms with van der Waals surface area (Å²) < 4.78 is 2.27. The third-order valence-electron chi connectivity index (χ3n) is 4.85. The van der Waals surface area contributed by atoms with Crippen LogP contribution in [-0.2, 0) is 7.05 Å². The van der Waals surface area contributed by atoms with Crippen LogP contribution >= 0.6 is 0 Å². The number of fused-ring (bicyclic) bond motifs is 5. The van der Waals surface area contributed by atoms with Crippen molar-refractivity contribution in [3.63, 3.8) is 0 Å². The number of hydrogen-bond acceptors (Lipinski definition) is 2. The van der Waals surface area contributed by atoms with Gasteiger partial charge in [-0.1, -0.05) is 60.7 Å². The molecule has 1 aliphatic carbocycles. The molecule has 0 fully saturated rings. The van der Waals surface area contributed by atoms with Gasteiger partial charge < -0.3 is 4.57 Å². The van der Waals surface area contributed by atoms with Gasteiger partial charge in [0, 0.05) is 34.6 Å². The number of nitrogens with one attached hydrogen (secondary N) is 1. The SMILES string of the molecule is Cn1c2c(c3ccccc31)/C(=N/Nc1ccccc1)c1ccccc1-2. The highest BCUT2D eigenvalue weighted by molar-refractivity contribution is 6.30. The lowest BCUT2D eigenvalue weighted by molar-refractivity contribution is 0.979. The fraction of sp³-hybridized carbons (Fsp3) is 0.0455. The van der Waals surface area contributed by atoms with Gasteiger partial charge in [0.25, 0.3) is 0 Å². The van der Waals surface area contributed by atoms with Gasteiger partial charge in [0.05, 0.1) is 11.4 Å². The van der Waals surface area contributed by atoms with Crippen molar-refractivity contribution in [2.75, 3.05) is 5.43 Å². The Morgan fingerprint density at radius 1 is 0.760 bits per heavy atom. The van der Waals surface area contributed by atoms with Gasteiger partial charge in [-0.3, -0.25) is 5.43 Å². The van der Waals surface area contributed by atoms with E-state index in [0.717, 1.165) is 11.4 Å². The Morgan fingerprint density at radius 3 is 2.28 bits per heavy atom. The molecule has 0 saturated heterocycles. The Bertz CT molecular complexity index is 1120. The molecule has 5 rings (SSSR count). The van der Waals surface area contributed by atoms with Crippen molar-refractivity contribution in [2.24, 2.45) is 12.1 Å². The lowest BCUT2D eigenvalue weighted by Crippen LogP contribution is -2.02. The highest BCUT2D eigenvalue weighted by Gasteiger charge is 2.30. The van der Waals surface area contributed by atoms with E-state index in [0.29, 0.717) is 0 Å². The number of benzene rings is 3. The maximum Gasteiger partial charge on any atom is 0.101 e. The molecule has 3 nitrogen and oxygen atoms in total. The van der Waals surface area contributed by atoms with Crippen molar-refractivity contribution < 1.29 is 0 Å². The van der Waals surface area contributed by atoms with Crippen LogP contribution in [-0.4, -0.2) is 10.3 Å². The van der Waals surface area contributed by atoms with E-state index >= 15 is 0 Å². The lowest BCUT2D eigenvalue weighted by Gasteiger charge is -2.06. The number of aromatic nitrogens is 1. The summed E-state index contributed by atoms with van der Waals surface area (Å²) in [6.07, 6.45) is 0. The lowest BCUT2D eigenvalue weighted by atomic mass is 10.1. The van der Waals surface area contributed by atoms with Crippen LogP contribution in [0, 0.1) is 0 Å². The first-order valence-electron chi connectivity index (χ1n) is 8.41. The molecule has 120 valence electrons. The Morgan fingerprint density at radius 2 is 1.44 bits per heavy atom. The van der Waals surface area contributed by atoms with E-state index in [1.54, 1.807) is 0 Å². The number of anilines is 1. The summed E-state index contributed by atoms with van der Waals surface area (Å²) in [5.74, 6) is 0. The molecule has 1 heterocycles. The van der Waals surface area contributed by atoms with E-state index in [2.05, 4.69) is 65.6 Å². The van der Waals surface area contributed by atoms with Gasteiger partial charge in [0.1, 0.15) is 5.71 Å². The van der Waals surface area contributed by atoms with Crippen LogP contribution < -0.4 is 5.43 Å². The molecule has 1 N–H and O–H groups in total. The molecule has 4 aromatic rings. The summed E-state index contributed by atoms with van der Waals surface area (Å²) in [6.45, 7) is 0. The van der Waals surface area contributed by atoms with Crippen molar-refractivity contribution >= 4 is 22.3 Å². The molecular weight excluding hydrogens is 306 g/mol. The summed E-state index contributed by atoms with van der Waals surface area (Å²) in [6, 6.07) is 27.1. The van der Waals surface area contributed by atoms with Gasteiger partial charge in [-0.15, -0.1) is 0 Å². The molecule has 0 spiro atoms.